The molecule has 44 valence electrons. The largest absolute Gasteiger partial charge is 0.391 e. The fraction of sp³-hybridized carbons (Fsp3) is 0.714. The van der Waals surface area contributed by atoms with E-state index in [1.165, 1.54) is 25.8 Å². The van der Waals surface area contributed by atoms with Gasteiger partial charge >= 0.3 is 0 Å². The highest BCUT2D eigenvalue weighted by Crippen LogP contribution is 2.50. The number of hydrogen-bond acceptors (Lipinski definition) is 1. The minimum Gasteiger partial charge on any atom is -0.391 e. The van der Waals surface area contributed by atoms with Crippen LogP contribution in [-0.4, -0.2) is 6.54 Å². The molecule has 1 nitrogen and oxygen atoms in total. The Hall–Kier alpha value is -0.460. The summed E-state index contributed by atoms with van der Waals surface area (Å²) in [6.45, 7) is 1.19. The number of nitrogens with one attached hydrogen (secondary N) is 1. The number of hydrogen-bond donors (Lipinski definition) is 1. The molecular weight excluding hydrogens is 98.1 g/mol. The Morgan fingerprint density at radius 3 is 2.50 bits per heavy atom. The van der Waals surface area contributed by atoms with E-state index in [1.807, 2.05) is 0 Å². The van der Waals surface area contributed by atoms with Gasteiger partial charge in [-0.2, -0.15) is 0 Å². The van der Waals surface area contributed by atoms with Crippen molar-refractivity contribution < 1.29 is 0 Å². The van der Waals surface area contributed by atoms with Gasteiger partial charge in [0.25, 0.3) is 0 Å². The molecule has 0 unspecified atom stereocenters. The van der Waals surface area contributed by atoms with Crippen LogP contribution in [0.2, 0.25) is 0 Å². The van der Waals surface area contributed by atoms with Crippen LogP contribution in [0.15, 0.2) is 12.3 Å². The van der Waals surface area contributed by atoms with Crippen molar-refractivity contribution in [3.05, 3.63) is 12.3 Å². The van der Waals surface area contributed by atoms with Crippen LogP contribution in [0, 0.1) is 5.41 Å². The van der Waals surface area contributed by atoms with Gasteiger partial charge in [0.05, 0.1) is 0 Å². The molecule has 0 bridgehead atoms. The molecule has 0 aromatic carbocycles. The third-order valence-corrected chi connectivity index (χ3v) is 2.21. The zero-order chi connectivity index (χ0) is 5.45. The van der Waals surface area contributed by atoms with E-state index in [9.17, 15) is 0 Å². The van der Waals surface area contributed by atoms with Gasteiger partial charge in [-0.1, -0.05) is 6.08 Å². The summed E-state index contributed by atoms with van der Waals surface area (Å²) in [6.07, 6.45) is 8.67. The molecule has 0 amide bonds. The first-order valence-electron chi connectivity index (χ1n) is 3.32. The molecular formula is C7H11N. The quantitative estimate of drug-likeness (QED) is 0.494. The van der Waals surface area contributed by atoms with Crippen molar-refractivity contribution in [2.24, 2.45) is 5.41 Å². The fourth-order valence-corrected chi connectivity index (χ4v) is 1.30. The first-order valence-corrected chi connectivity index (χ1v) is 3.32. The second-order valence-electron chi connectivity index (χ2n) is 2.90. The van der Waals surface area contributed by atoms with Crippen LogP contribution < -0.4 is 5.32 Å². The van der Waals surface area contributed by atoms with E-state index >= 15 is 0 Å². The smallest absolute Gasteiger partial charge is 0.0149 e. The van der Waals surface area contributed by atoms with E-state index in [1.54, 1.807) is 0 Å². The lowest BCUT2D eigenvalue weighted by Crippen LogP contribution is -2.17. The molecule has 1 fully saturated rings. The van der Waals surface area contributed by atoms with Crippen molar-refractivity contribution in [3.63, 3.8) is 0 Å². The predicted octanol–water partition coefficient (Wildman–Crippen LogP) is 1.27. The van der Waals surface area contributed by atoms with E-state index in [0.29, 0.717) is 5.41 Å². The zero-order valence-corrected chi connectivity index (χ0v) is 4.98. The van der Waals surface area contributed by atoms with E-state index < -0.39 is 0 Å². The molecule has 2 aliphatic rings. The van der Waals surface area contributed by atoms with Crippen molar-refractivity contribution in [2.45, 2.75) is 19.3 Å². The summed E-state index contributed by atoms with van der Waals surface area (Å²) in [5, 5.41) is 3.20. The van der Waals surface area contributed by atoms with Crippen LogP contribution in [0.25, 0.3) is 0 Å². The van der Waals surface area contributed by atoms with E-state index in [0.717, 1.165) is 0 Å². The summed E-state index contributed by atoms with van der Waals surface area (Å²) >= 11 is 0. The summed E-state index contributed by atoms with van der Waals surface area (Å²) in [6, 6.07) is 0. The Labute approximate surface area is 49.8 Å². The summed E-state index contributed by atoms with van der Waals surface area (Å²) in [7, 11) is 0. The highest BCUT2D eigenvalue weighted by atomic mass is 14.8. The highest BCUT2D eigenvalue weighted by molar-refractivity contribution is 5.11. The molecule has 2 rings (SSSR count). The molecule has 0 aromatic rings. The van der Waals surface area contributed by atoms with E-state index in [2.05, 4.69) is 17.6 Å². The lowest BCUT2D eigenvalue weighted by Gasteiger charge is -2.14. The normalized spacial score (nSPS) is 30.0. The molecule has 1 heteroatoms. The molecule has 0 radical (unpaired) electrons. The van der Waals surface area contributed by atoms with Gasteiger partial charge in [-0.3, -0.25) is 0 Å². The topological polar surface area (TPSA) is 12.0 Å². The van der Waals surface area contributed by atoms with Gasteiger partial charge in [0, 0.05) is 6.54 Å². The molecule has 1 heterocycles. The minimum atomic E-state index is 0.686. The maximum Gasteiger partial charge on any atom is 0.0149 e. The Balaban J connectivity index is 2.13. The maximum atomic E-state index is 3.20. The van der Waals surface area contributed by atoms with Crippen LogP contribution in [0.1, 0.15) is 19.3 Å². The Kier molecular flexibility index (Phi) is 0.706. The van der Waals surface area contributed by atoms with Crippen LogP contribution >= 0.6 is 0 Å². The van der Waals surface area contributed by atoms with Gasteiger partial charge in [-0.25, -0.2) is 0 Å². The van der Waals surface area contributed by atoms with Crippen molar-refractivity contribution in [1.29, 1.82) is 0 Å². The van der Waals surface area contributed by atoms with Gasteiger partial charge < -0.3 is 5.32 Å². The van der Waals surface area contributed by atoms with Gasteiger partial charge in [0.1, 0.15) is 0 Å². The van der Waals surface area contributed by atoms with Crippen molar-refractivity contribution in [2.75, 3.05) is 6.54 Å². The first kappa shape index (κ1) is 4.42. The number of rotatable bonds is 0. The lowest BCUT2D eigenvalue weighted by molar-refractivity contribution is 0.536. The van der Waals surface area contributed by atoms with Crippen LogP contribution in [0.3, 0.4) is 0 Å². The monoisotopic (exact) mass is 109 g/mol. The molecule has 1 saturated carbocycles. The van der Waals surface area contributed by atoms with Crippen LogP contribution in [0.4, 0.5) is 0 Å². The third kappa shape index (κ3) is 0.540. The van der Waals surface area contributed by atoms with Gasteiger partial charge in [0.2, 0.25) is 0 Å². The van der Waals surface area contributed by atoms with Crippen LogP contribution in [0.5, 0.6) is 0 Å². The molecule has 0 atom stereocenters. The average Bonchev–Trinajstić information content (AvgIpc) is 2.52. The fourth-order valence-electron chi connectivity index (χ4n) is 1.30. The van der Waals surface area contributed by atoms with Gasteiger partial charge in [-0.15, -0.1) is 0 Å². The summed E-state index contributed by atoms with van der Waals surface area (Å²) < 4.78 is 0. The summed E-state index contributed by atoms with van der Waals surface area (Å²) in [5.41, 5.74) is 0.686. The highest BCUT2D eigenvalue weighted by Gasteiger charge is 2.40. The maximum absolute atomic E-state index is 3.20. The Bertz CT molecular complexity index is 122. The molecule has 1 N–H and O–H groups in total. The third-order valence-electron chi connectivity index (χ3n) is 2.21. The molecule has 1 aliphatic heterocycles. The molecule has 1 aliphatic carbocycles. The minimum absolute atomic E-state index is 0.686. The second kappa shape index (κ2) is 1.28. The first-order chi connectivity index (χ1) is 3.91. The Morgan fingerprint density at radius 1 is 1.25 bits per heavy atom. The van der Waals surface area contributed by atoms with E-state index in [-0.39, 0.29) is 0 Å². The zero-order valence-electron chi connectivity index (χ0n) is 4.98. The standard InChI is InChI=1S/C7H11N/c1-2-7(1)3-5-8-6-4-7/h3,5,8H,1-2,4,6H2. The van der Waals surface area contributed by atoms with Gasteiger partial charge in [-0.05, 0) is 30.9 Å². The molecule has 8 heavy (non-hydrogen) atoms. The summed E-state index contributed by atoms with van der Waals surface area (Å²) in [4.78, 5) is 0. The molecule has 1 spiro atoms. The van der Waals surface area contributed by atoms with Crippen molar-refractivity contribution in [1.82, 2.24) is 5.32 Å². The second-order valence-corrected chi connectivity index (χ2v) is 2.90. The summed E-state index contributed by atoms with van der Waals surface area (Å²) in [5.74, 6) is 0. The van der Waals surface area contributed by atoms with E-state index in [4.69, 9.17) is 0 Å². The van der Waals surface area contributed by atoms with Crippen molar-refractivity contribution >= 4 is 0 Å². The Morgan fingerprint density at radius 2 is 2.12 bits per heavy atom. The predicted molar refractivity (Wildman–Crippen MR) is 33.4 cm³/mol. The average molecular weight is 109 g/mol. The number of allylic oxidation sites excluding steroid dienone is 1. The van der Waals surface area contributed by atoms with Gasteiger partial charge in [0.15, 0.2) is 0 Å². The SMILES string of the molecule is C1=CC2(CCN1)CC2. The molecule has 0 saturated heterocycles. The molecule has 0 aromatic heterocycles. The van der Waals surface area contributed by atoms with Crippen molar-refractivity contribution in [3.8, 4) is 0 Å². The lowest BCUT2D eigenvalue weighted by atomic mass is 10.0. The van der Waals surface area contributed by atoms with Crippen LogP contribution in [-0.2, 0) is 0 Å².